The molecule has 5 heteroatoms. The van der Waals surface area contributed by atoms with Crippen LogP contribution < -0.4 is 5.32 Å². The minimum atomic E-state index is -0.163. The summed E-state index contributed by atoms with van der Waals surface area (Å²) in [6.07, 6.45) is 4.00. The molecule has 0 aliphatic heterocycles. The Kier molecular flexibility index (Phi) is 3.17. The van der Waals surface area contributed by atoms with Crippen LogP contribution >= 0.6 is 0 Å². The normalized spacial score (nSPS) is 22.6. The maximum absolute atomic E-state index is 11.9. The van der Waals surface area contributed by atoms with Gasteiger partial charge in [0.2, 0.25) is 5.82 Å². The Morgan fingerprint density at radius 1 is 1.59 bits per heavy atom. The van der Waals surface area contributed by atoms with Crippen LogP contribution in [-0.2, 0) is 6.42 Å². The maximum atomic E-state index is 11.9. The van der Waals surface area contributed by atoms with Gasteiger partial charge in [-0.3, -0.25) is 9.89 Å². The molecule has 1 aliphatic rings. The van der Waals surface area contributed by atoms with Crippen LogP contribution in [0.4, 0.5) is 0 Å². The third-order valence-electron chi connectivity index (χ3n) is 3.37. The molecule has 1 atom stereocenters. The van der Waals surface area contributed by atoms with Crippen LogP contribution in [0.15, 0.2) is 0 Å². The quantitative estimate of drug-likeness (QED) is 0.838. The number of aromatic amines is 1. The highest BCUT2D eigenvalue weighted by molar-refractivity contribution is 5.90. The molecular weight excluding hydrogens is 216 g/mol. The lowest BCUT2D eigenvalue weighted by Crippen LogP contribution is -2.34. The zero-order valence-corrected chi connectivity index (χ0v) is 10.7. The van der Waals surface area contributed by atoms with Crippen LogP contribution in [0.2, 0.25) is 0 Å². The number of rotatable bonds is 3. The van der Waals surface area contributed by atoms with Crippen LogP contribution in [0.5, 0.6) is 0 Å². The number of amides is 1. The van der Waals surface area contributed by atoms with Crippen molar-refractivity contribution >= 4 is 5.91 Å². The average molecular weight is 236 g/mol. The SMILES string of the molecule is CCc1nc(C(=O)NC2CCC(C)(C)C2)n[nH]1. The number of carbonyl (C=O) groups is 1. The third-order valence-corrected chi connectivity index (χ3v) is 3.37. The standard InChI is InChI=1S/C12H20N4O/c1-4-9-14-10(16-15-9)11(17)13-8-5-6-12(2,3)7-8/h8H,4-7H2,1-3H3,(H,13,17)(H,14,15,16). The minimum absolute atomic E-state index is 0.163. The van der Waals surface area contributed by atoms with Crippen molar-refractivity contribution in [1.82, 2.24) is 20.5 Å². The van der Waals surface area contributed by atoms with Crippen LogP contribution in [0.1, 0.15) is 56.5 Å². The molecule has 0 aromatic carbocycles. The van der Waals surface area contributed by atoms with Crippen molar-refractivity contribution in [3.63, 3.8) is 0 Å². The van der Waals surface area contributed by atoms with Crippen molar-refractivity contribution in [2.45, 2.75) is 52.5 Å². The van der Waals surface area contributed by atoms with Gasteiger partial charge in [0.05, 0.1) is 0 Å². The smallest absolute Gasteiger partial charge is 0.291 e. The fraction of sp³-hybridized carbons (Fsp3) is 0.750. The fourth-order valence-corrected chi connectivity index (χ4v) is 2.36. The monoisotopic (exact) mass is 236 g/mol. The maximum Gasteiger partial charge on any atom is 0.291 e. The number of nitrogens with zero attached hydrogens (tertiary/aromatic N) is 2. The molecule has 94 valence electrons. The predicted molar refractivity (Wildman–Crippen MR) is 64.6 cm³/mol. The Balaban J connectivity index is 1.93. The molecule has 2 rings (SSSR count). The van der Waals surface area contributed by atoms with Gasteiger partial charge in [0.15, 0.2) is 0 Å². The number of hydrogen-bond acceptors (Lipinski definition) is 3. The van der Waals surface area contributed by atoms with E-state index in [0.29, 0.717) is 5.41 Å². The van der Waals surface area contributed by atoms with Gasteiger partial charge in [-0.05, 0) is 24.7 Å². The zero-order valence-electron chi connectivity index (χ0n) is 10.7. The summed E-state index contributed by atoms with van der Waals surface area (Å²) < 4.78 is 0. The molecule has 5 nitrogen and oxygen atoms in total. The highest BCUT2D eigenvalue weighted by Crippen LogP contribution is 2.36. The van der Waals surface area contributed by atoms with E-state index in [4.69, 9.17) is 0 Å². The van der Waals surface area contributed by atoms with Gasteiger partial charge < -0.3 is 5.32 Å². The lowest BCUT2D eigenvalue weighted by molar-refractivity contribution is 0.0926. The Labute approximate surface area is 101 Å². The number of aryl methyl sites for hydroxylation is 1. The van der Waals surface area contributed by atoms with Gasteiger partial charge in [-0.15, -0.1) is 5.10 Å². The van der Waals surface area contributed by atoms with Crippen molar-refractivity contribution in [2.75, 3.05) is 0 Å². The molecule has 2 N–H and O–H groups in total. The van der Waals surface area contributed by atoms with Crippen molar-refractivity contribution in [3.8, 4) is 0 Å². The van der Waals surface area contributed by atoms with Crippen molar-refractivity contribution in [2.24, 2.45) is 5.41 Å². The molecule has 1 heterocycles. The Hall–Kier alpha value is -1.39. The van der Waals surface area contributed by atoms with Gasteiger partial charge in [0.1, 0.15) is 5.82 Å². The van der Waals surface area contributed by atoms with Crippen LogP contribution in [-0.4, -0.2) is 27.1 Å². The third kappa shape index (κ3) is 2.84. The predicted octanol–water partition coefficient (Wildman–Crippen LogP) is 1.68. The lowest BCUT2D eigenvalue weighted by atomic mass is 9.92. The highest BCUT2D eigenvalue weighted by Gasteiger charge is 2.32. The van der Waals surface area contributed by atoms with E-state index in [1.54, 1.807) is 0 Å². The van der Waals surface area contributed by atoms with E-state index in [9.17, 15) is 4.79 Å². The second kappa shape index (κ2) is 4.47. The largest absolute Gasteiger partial charge is 0.347 e. The van der Waals surface area contributed by atoms with Gasteiger partial charge in [-0.25, -0.2) is 4.98 Å². The topological polar surface area (TPSA) is 70.7 Å². The molecule has 0 bridgehead atoms. The molecule has 0 radical (unpaired) electrons. The van der Waals surface area contributed by atoms with Crippen LogP contribution in [0.25, 0.3) is 0 Å². The lowest BCUT2D eigenvalue weighted by Gasteiger charge is -2.17. The summed E-state index contributed by atoms with van der Waals surface area (Å²) in [6, 6.07) is 0.265. The molecule has 1 fully saturated rings. The van der Waals surface area contributed by atoms with E-state index in [-0.39, 0.29) is 17.8 Å². The summed E-state index contributed by atoms with van der Waals surface area (Å²) >= 11 is 0. The Morgan fingerprint density at radius 3 is 2.88 bits per heavy atom. The van der Waals surface area contributed by atoms with Crippen molar-refractivity contribution in [3.05, 3.63) is 11.6 Å². The first-order chi connectivity index (χ1) is 8.00. The molecule has 1 unspecified atom stereocenters. The van der Waals surface area contributed by atoms with Gasteiger partial charge in [-0.2, -0.15) is 0 Å². The summed E-state index contributed by atoms with van der Waals surface area (Å²) in [5.74, 6) is 0.845. The van der Waals surface area contributed by atoms with Gasteiger partial charge in [0, 0.05) is 12.5 Å². The number of carbonyl (C=O) groups excluding carboxylic acids is 1. The number of aromatic nitrogens is 3. The summed E-state index contributed by atoms with van der Waals surface area (Å²) in [5, 5.41) is 9.68. The zero-order chi connectivity index (χ0) is 12.5. The Bertz CT molecular complexity index is 410. The number of hydrogen-bond donors (Lipinski definition) is 2. The van der Waals surface area contributed by atoms with Gasteiger partial charge >= 0.3 is 0 Å². The van der Waals surface area contributed by atoms with Crippen molar-refractivity contribution in [1.29, 1.82) is 0 Å². The summed E-state index contributed by atoms with van der Waals surface area (Å²) in [7, 11) is 0. The summed E-state index contributed by atoms with van der Waals surface area (Å²) in [5.41, 5.74) is 0.339. The average Bonchev–Trinajstić information content (AvgIpc) is 2.85. The summed E-state index contributed by atoms with van der Waals surface area (Å²) in [4.78, 5) is 16.0. The van der Waals surface area contributed by atoms with Crippen molar-refractivity contribution < 1.29 is 4.79 Å². The Morgan fingerprint density at radius 2 is 2.35 bits per heavy atom. The second-order valence-electron chi connectivity index (χ2n) is 5.54. The second-order valence-corrected chi connectivity index (χ2v) is 5.54. The fourth-order valence-electron chi connectivity index (χ4n) is 2.36. The number of H-pyrrole nitrogens is 1. The first-order valence-electron chi connectivity index (χ1n) is 6.22. The van der Waals surface area contributed by atoms with Gasteiger partial charge in [0.25, 0.3) is 5.91 Å². The van der Waals surface area contributed by atoms with E-state index in [0.717, 1.165) is 31.5 Å². The minimum Gasteiger partial charge on any atom is -0.347 e. The summed E-state index contributed by atoms with van der Waals surface area (Å²) in [6.45, 7) is 6.45. The molecular formula is C12H20N4O. The molecule has 0 saturated heterocycles. The van der Waals surface area contributed by atoms with E-state index >= 15 is 0 Å². The molecule has 1 amide bonds. The molecule has 1 aliphatic carbocycles. The highest BCUT2D eigenvalue weighted by atomic mass is 16.2. The van der Waals surface area contributed by atoms with E-state index < -0.39 is 0 Å². The molecule has 1 saturated carbocycles. The number of nitrogens with one attached hydrogen (secondary N) is 2. The molecule has 0 spiro atoms. The van der Waals surface area contributed by atoms with Crippen LogP contribution in [0.3, 0.4) is 0 Å². The first-order valence-corrected chi connectivity index (χ1v) is 6.22. The van der Waals surface area contributed by atoms with E-state index in [1.807, 2.05) is 6.92 Å². The molecule has 1 aromatic heterocycles. The van der Waals surface area contributed by atoms with E-state index in [1.165, 1.54) is 0 Å². The molecule has 17 heavy (non-hydrogen) atoms. The van der Waals surface area contributed by atoms with Crippen LogP contribution in [0, 0.1) is 5.41 Å². The first kappa shape index (κ1) is 12.1. The van der Waals surface area contributed by atoms with Gasteiger partial charge in [-0.1, -0.05) is 20.8 Å². The molecule has 1 aromatic rings. The van der Waals surface area contributed by atoms with E-state index in [2.05, 4.69) is 34.3 Å².